The smallest absolute Gasteiger partial charge is 0.147 e. The van der Waals surface area contributed by atoms with E-state index in [9.17, 15) is 10.4 Å². The Morgan fingerprint density at radius 1 is 1.20 bits per heavy atom. The topological polar surface area (TPSA) is 80.9 Å². The maximum Gasteiger partial charge on any atom is 0.147 e. The predicted octanol–water partition coefficient (Wildman–Crippen LogP) is 2.12. The molecule has 138 valence electrons. The first kappa shape index (κ1) is 19.8. The van der Waals surface area contributed by atoms with Crippen molar-refractivity contribution in [1.82, 2.24) is 0 Å². The highest BCUT2D eigenvalue weighted by Crippen LogP contribution is 2.35. The van der Waals surface area contributed by atoms with Crippen LogP contribution in [-0.4, -0.2) is 51.0 Å². The Morgan fingerprint density at radius 3 is 2.72 bits per heavy atom. The minimum Gasteiger partial charge on any atom is -0.393 e. The maximum absolute atomic E-state index is 9.90. The normalized spacial score (nSPS) is 24.1. The lowest BCUT2D eigenvalue weighted by Crippen LogP contribution is -2.32. The monoisotopic (exact) mass is 349 g/mol. The van der Waals surface area contributed by atoms with Crippen LogP contribution < -0.4 is 0 Å². The van der Waals surface area contributed by atoms with Gasteiger partial charge in [-0.05, 0) is 18.4 Å². The molecule has 1 fully saturated rings. The molecule has 1 aromatic rings. The summed E-state index contributed by atoms with van der Waals surface area (Å²) >= 11 is 0. The van der Waals surface area contributed by atoms with Crippen molar-refractivity contribution >= 4 is 0 Å². The van der Waals surface area contributed by atoms with Gasteiger partial charge in [-0.15, -0.1) is 0 Å². The van der Waals surface area contributed by atoms with Crippen LogP contribution in [0.4, 0.5) is 0 Å². The van der Waals surface area contributed by atoms with E-state index in [1.165, 1.54) is 0 Å². The molecule has 6 heteroatoms. The van der Waals surface area contributed by atoms with E-state index >= 15 is 0 Å². The molecule has 0 amide bonds. The largest absolute Gasteiger partial charge is 0.393 e. The molecule has 0 saturated heterocycles. The second-order valence-corrected chi connectivity index (χ2v) is 6.25. The molecule has 0 unspecified atom stereocenters. The second-order valence-electron chi connectivity index (χ2n) is 6.25. The van der Waals surface area contributed by atoms with Crippen molar-refractivity contribution in [3.05, 3.63) is 35.9 Å². The first-order valence-corrected chi connectivity index (χ1v) is 8.62. The second kappa shape index (κ2) is 11.2. The van der Waals surface area contributed by atoms with Crippen LogP contribution in [0, 0.1) is 23.2 Å². The van der Waals surface area contributed by atoms with Crippen molar-refractivity contribution in [1.29, 1.82) is 5.26 Å². The van der Waals surface area contributed by atoms with Gasteiger partial charge >= 0.3 is 0 Å². The molecule has 4 atom stereocenters. The van der Waals surface area contributed by atoms with Crippen molar-refractivity contribution in [3.63, 3.8) is 0 Å². The quantitative estimate of drug-likeness (QED) is 0.487. The highest BCUT2D eigenvalue weighted by molar-refractivity contribution is 5.13. The van der Waals surface area contributed by atoms with Crippen LogP contribution in [0.5, 0.6) is 0 Å². The van der Waals surface area contributed by atoms with Crippen LogP contribution in [0.2, 0.25) is 0 Å². The van der Waals surface area contributed by atoms with E-state index in [1.54, 1.807) is 7.11 Å². The zero-order valence-corrected chi connectivity index (χ0v) is 14.7. The summed E-state index contributed by atoms with van der Waals surface area (Å²) in [6.07, 6.45) is 0.303. The van der Waals surface area contributed by atoms with Crippen LogP contribution in [-0.2, 0) is 25.6 Å². The van der Waals surface area contributed by atoms with E-state index in [1.807, 2.05) is 30.3 Å². The summed E-state index contributed by atoms with van der Waals surface area (Å²) in [4.78, 5) is 0. The average molecular weight is 349 g/mol. The highest BCUT2D eigenvalue weighted by atomic mass is 16.7. The van der Waals surface area contributed by atoms with E-state index in [-0.39, 0.29) is 24.7 Å². The fourth-order valence-electron chi connectivity index (χ4n) is 3.10. The number of benzene rings is 1. The van der Waals surface area contributed by atoms with Gasteiger partial charge in [0.2, 0.25) is 0 Å². The van der Waals surface area contributed by atoms with Gasteiger partial charge in [0, 0.05) is 13.0 Å². The molecule has 6 nitrogen and oxygen atoms in total. The van der Waals surface area contributed by atoms with E-state index in [2.05, 4.69) is 6.07 Å². The molecule has 2 rings (SSSR count). The van der Waals surface area contributed by atoms with E-state index in [0.717, 1.165) is 5.56 Å². The zero-order chi connectivity index (χ0) is 17.9. The van der Waals surface area contributed by atoms with Crippen molar-refractivity contribution in [2.75, 3.05) is 33.7 Å². The molecule has 0 aliphatic heterocycles. The zero-order valence-electron chi connectivity index (χ0n) is 14.7. The molecular formula is C19H27NO5. The standard InChI is InChI=1S/C19H27NO5/c1-22-7-8-23-14-25-19(18-10-17(21)9-16(18)11-20)13-24-12-15-5-3-2-4-6-15/h2-6,16-19,21H,7-10,12-14H2,1H3/t16-,17-,18+,19+/m0/s1. The highest BCUT2D eigenvalue weighted by Gasteiger charge is 2.39. The Hall–Kier alpha value is -1.49. The van der Waals surface area contributed by atoms with Crippen LogP contribution in [0.15, 0.2) is 30.3 Å². The first-order chi connectivity index (χ1) is 12.2. The number of hydrogen-bond donors (Lipinski definition) is 1. The fourth-order valence-corrected chi connectivity index (χ4v) is 3.10. The lowest BCUT2D eigenvalue weighted by atomic mass is 9.92. The van der Waals surface area contributed by atoms with E-state index < -0.39 is 6.10 Å². The number of aliphatic hydroxyl groups is 1. The summed E-state index contributed by atoms with van der Waals surface area (Å²) in [5, 5.41) is 19.2. The van der Waals surface area contributed by atoms with Gasteiger partial charge in [0.05, 0.1) is 50.6 Å². The van der Waals surface area contributed by atoms with Crippen LogP contribution in [0.25, 0.3) is 0 Å². The van der Waals surface area contributed by atoms with Gasteiger partial charge in [-0.25, -0.2) is 0 Å². The molecule has 0 heterocycles. The van der Waals surface area contributed by atoms with Crippen LogP contribution >= 0.6 is 0 Å². The molecular weight excluding hydrogens is 322 g/mol. The Balaban J connectivity index is 1.86. The number of hydrogen-bond acceptors (Lipinski definition) is 6. The van der Waals surface area contributed by atoms with E-state index in [4.69, 9.17) is 18.9 Å². The number of methoxy groups -OCH3 is 1. The third-order valence-electron chi connectivity index (χ3n) is 4.42. The summed E-state index contributed by atoms with van der Waals surface area (Å²) in [5.74, 6) is -0.277. The predicted molar refractivity (Wildman–Crippen MR) is 91.5 cm³/mol. The number of rotatable bonds is 11. The van der Waals surface area contributed by atoms with Crippen molar-refractivity contribution < 1.29 is 24.1 Å². The molecule has 1 N–H and O–H groups in total. The summed E-state index contributed by atoms with van der Waals surface area (Å²) in [5.41, 5.74) is 1.08. The molecule has 25 heavy (non-hydrogen) atoms. The first-order valence-electron chi connectivity index (χ1n) is 8.62. The number of aliphatic hydroxyl groups excluding tert-OH is 1. The summed E-state index contributed by atoms with van der Waals surface area (Å²) in [7, 11) is 1.61. The van der Waals surface area contributed by atoms with Gasteiger partial charge in [-0.1, -0.05) is 30.3 Å². The van der Waals surface area contributed by atoms with Gasteiger partial charge in [0.15, 0.2) is 0 Å². The van der Waals surface area contributed by atoms with Crippen LogP contribution in [0.1, 0.15) is 18.4 Å². The molecule has 0 radical (unpaired) electrons. The summed E-state index contributed by atoms with van der Waals surface area (Å²) in [6, 6.07) is 12.2. The Bertz CT molecular complexity index is 518. The molecule has 0 spiro atoms. The lowest BCUT2D eigenvalue weighted by Gasteiger charge is -2.25. The van der Waals surface area contributed by atoms with E-state index in [0.29, 0.717) is 39.3 Å². The number of nitriles is 1. The van der Waals surface area contributed by atoms with Gasteiger partial charge < -0.3 is 24.1 Å². The Labute approximate surface area is 149 Å². The van der Waals surface area contributed by atoms with Crippen molar-refractivity contribution in [2.45, 2.75) is 31.7 Å². The van der Waals surface area contributed by atoms with Crippen molar-refractivity contribution in [3.8, 4) is 6.07 Å². The summed E-state index contributed by atoms with van der Waals surface area (Å²) < 4.78 is 21.9. The number of ether oxygens (including phenoxy) is 4. The van der Waals surface area contributed by atoms with Gasteiger partial charge in [0.25, 0.3) is 0 Å². The van der Waals surface area contributed by atoms with Gasteiger partial charge in [-0.2, -0.15) is 5.26 Å². The number of nitrogens with zero attached hydrogens (tertiary/aromatic N) is 1. The third kappa shape index (κ3) is 6.73. The molecule has 0 aromatic heterocycles. The summed E-state index contributed by atoms with van der Waals surface area (Å²) in [6.45, 7) is 1.91. The van der Waals surface area contributed by atoms with Crippen LogP contribution in [0.3, 0.4) is 0 Å². The van der Waals surface area contributed by atoms with Gasteiger partial charge in [-0.3, -0.25) is 0 Å². The third-order valence-corrected chi connectivity index (χ3v) is 4.42. The van der Waals surface area contributed by atoms with Gasteiger partial charge in [0.1, 0.15) is 6.79 Å². The molecule has 1 aromatic carbocycles. The lowest BCUT2D eigenvalue weighted by molar-refractivity contribution is -0.137. The Morgan fingerprint density at radius 2 is 2.00 bits per heavy atom. The fraction of sp³-hybridized carbons (Fsp3) is 0.632. The Kier molecular flexibility index (Phi) is 8.87. The molecule has 1 aliphatic rings. The maximum atomic E-state index is 9.90. The molecule has 1 saturated carbocycles. The minimum atomic E-state index is -0.454. The van der Waals surface area contributed by atoms with Crippen molar-refractivity contribution in [2.24, 2.45) is 11.8 Å². The molecule has 0 bridgehead atoms. The average Bonchev–Trinajstić information content (AvgIpc) is 3.01. The SMILES string of the molecule is COCCOCO[C@H](COCc1ccccc1)[C@@H]1C[C@@H](O)C[C@H]1C#N. The minimum absolute atomic E-state index is 0.0539. The molecule has 1 aliphatic carbocycles.